The molecule has 0 aliphatic carbocycles. The first-order chi connectivity index (χ1) is 6.98. The molecule has 0 saturated heterocycles. The van der Waals surface area contributed by atoms with Crippen LogP contribution in [0.25, 0.3) is 10.8 Å². The number of benzene rings is 2. The minimum absolute atomic E-state index is 0. The Labute approximate surface area is 137 Å². The van der Waals surface area contributed by atoms with E-state index in [0.717, 1.165) is 10.9 Å². The summed E-state index contributed by atoms with van der Waals surface area (Å²) >= 11 is 0. The van der Waals surface area contributed by atoms with E-state index in [1.165, 1.54) is 6.07 Å². The maximum absolute atomic E-state index is 11.0. The Hall–Kier alpha value is 0.246. The van der Waals surface area contributed by atoms with Crippen molar-refractivity contribution >= 4 is 20.9 Å². The third-order valence-electron chi connectivity index (χ3n) is 2.24. The van der Waals surface area contributed by atoms with E-state index >= 15 is 0 Å². The van der Waals surface area contributed by atoms with Crippen molar-refractivity contribution in [2.75, 3.05) is 0 Å². The van der Waals surface area contributed by atoms with Crippen molar-refractivity contribution in [3.05, 3.63) is 42.0 Å². The van der Waals surface area contributed by atoms with Crippen LogP contribution in [0.15, 0.2) is 41.3 Å². The average molecular weight is 260 g/mol. The van der Waals surface area contributed by atoms with Gasteiger partial charge in [0.05, 0.1) is 4.90 Å². The molecule has 0 fully saturated rings. The van der Waals surface area contributed by atoms with Crippen LogP contribution in [0, 0.1) is 6.92 Å². The second-order valence-electron chi connectivity index (χ2n) is 3.44. The summed E-state index contributed by atoms with van der Waals surface area (Å²) in [4.78, 5) is -0.141. The first kappa shape index (κ1) is 14.3. The van der Waals surface area contributed by atoms with Crippen LogP contribution in [0.1, 0.15) is 5.56 Å². The van der Waals surface area contributed by atoms with Gasteiger partial charge >= 0.3 is 51.4 Å². The van der Waals surface area contributed by atoms with Crippen LogP contribution in [0.5, 0.6) is 0 Å². The fourth-order valence-corrected chi connectivity index (χ4v) is 2.41. The summed E-state index contributed by atoms with van der Waals surface area (Å²) in [6, 6.07) is 10.2. The molecule has 0 heterocycles. The van der Waals surface area contributed by atoms with E-state index in [1.807, 2.05) is 12.1 Å². The fourth-order valence-electron chi connectivity index (χ4n) is 1.63. The van der Waals surface area contributed by atoms with Crippen molar-refractivity contribution < 1.29 is 64.4 Å². The van der Waals surface area contributed by atoms with E-state index in [2.05, 4.69) is 0 Å². The molecule has 0 saturated carbocycles. The summed E-state index contributed by atoms with van der Waals surface area (Å²) < 4.78 is 33.1. The van der Waals surface area contributed by atoms with Gasteiger partial charge in [-0.2, -0.15) is 0 Å². The molecular weight excluding hydrogens is 251 g/mol. The zero-order valence-corrected chi connectivity index (χ0v) is 13.0. The average Bonchev–Trinajstić information content (AvgIpc) is 2.15. The van der Waals surface area contributed by atoms with Gasteiger partial charge in [-0.3, -0.25) is 0 Å². The standard InChI is InChI=1S/C11H10O3S.K/c1-8-6-9-4-2-3-5-10(9)11(7-8)15(12,13)14;/h2-7H,1H3,(H,12,13,14);/q;+1/p-1. The van der Waals surface area contributed by atoms with E-state index in [-0.39, 0.29) is 56.3 Å². The molecule has 16 heavy (non-hydrogen) atoms. The van der Waals surface area contributed by atoms with Crippen molar-refractivity contribution in [1.82, 2.24) is 0 Å². The van der Waals surface area contributed by atoms with Crippen LogP contribution >= 0.6 is 0 Å². The number of fused-ring (bicyclic) bond motifs is 1. The molecule has 78 valence electrons. The monoisotopic (exact) mass is 260 g/mol. The largest absolute Gasteiger partial charge is 1.00 e. The third-order valence-corrected chi connectivity index (χ3v) is 3.11. The number of aryl methyl sites for hydroxylation is 1. The summed E-state index contributed by atoms with van der Waals surface area (Å²) in [5.41, 5.74) is 0.767. The Morgan fingerprint density at radius 2 is 1.75 bits per heavy atom. The number of rotatable bonds is 1. The van der Waals surface area contributed by atoms with Gasteiger partial charge in [-0.15, -0.1) is 0 Å². The Bertz CT molecular complexity index is 620. The molecule has 0 amide bonds. The quantitative estimate of drug-likeness (QED) is 0.491. The molecule has 2 rings (SSSR count). The van der Waals surface area contributed by atoms with E-state index < -0.39 is 10.1 Å². The van der Waals surface area contributed by atoms with Gasteiger partial charge in [-0.25, -0.2) is 8.42 Å². The van der Waals surface area contributed by atoms with E-state index in [9.17, 15) is 13.0 Å². The maximum atomic E-state index is 11.0. The van der Waals surface area contributed by atoms with Gasteiger partial charge in [-0.05, 0) is 29.3 Å². The SMILES string of the molecule is Cc1cc(S(=O)(=O)[O-])c2ccccc2c1.[K+]. The van der Waals surface area contributed by atoms with Gasteiger partial charge in [0, 0.05) is 0 Å². The smallest absolute Gasteiger partial charge is 0.744 e. The predicted molar refractivity (Wildman–Crippen MR) is 56.6 cm³/mol. The molecule has 2 aromatic rings. The van der Waals surface area contributed by atoms with Crippen LogP contribution in [-0.2, 0) is 10.1 Å². The topological polar surface area (TPSA) is 57.2 Å². The first-order valence-corrected chi connectivity index (χ1v) is 5.84. The van der Waals surface area contributed by atoms with Gasteiger partial charge < -0.3 is 4.55 Å². The third kappa shape index (κ3) is 2.92. The van der Waals surface area contributed by atoms with Crippen LogP contribution < -0.4 is 51.4 Å². The van der Waals surface area contributed by atoms with Crippen LogP contribution in [-0.4, -0.2) is 13.0 Å². The fraction of sp³-hybridized carbons (Fsp3) is 0.0909. The molecule has 0 spiro atoms. The van der Waals surface area contributed by atoms with Crippen molar-refractivity contribution in [1.29, 1.82) is 0 Å². The first-order valence-electron chi connectivity index (χ1n) is 4.44. The van der Waals surface area contributed by atoms with Gasteiger partial charge in [0.25, 0.3) is 0 Å². The molecule has 0 N–H and O–H groups in total. The molecule has 0 aliphatic rings. The van der Waals surface area contributed by atoms with Crippen LogP contribution in [0.2, 0.25) is 0 Å². The molecule has 0 bridgehead atoms. The molecule has 0 atom stereocenters. The van der Waals surface area contributed by atoms with Crippen molar-refractivity contribution in [2.24, 2.45) is 0 Å². The van der Waals surface area contributed by atoms with Gasteiger partial charge in [0.1, 0.15) is 10.1 Å². The summed E-state index contributed by atoms with van der Waals surface area (Å²) in [6.07, 6.45) is 0. The summed E-state index contributed by atoms with van der Waals surface area (Å²) in [6.45, 7) is 1.76. The van der Waals surface area contributed by atoms with E-state index in [0.29, 0.717) is 5.39 Å². The normalized spacial score (nSPS) is 11.1. The Kier molecular flexibility index (Phi) is 4.71. The minimum atomic E-state index is -4.40. The van der Waals surface area contributed by atoms with Gasteiger partial charge in [0.15, 0.2) is 0 Å². The Balaban J connectivity index is 0.00000128. The number of hydrogen-bond acceptors (Lipinski definition) is 3. The molecule has 0 radical (unpaired) electrons. The minimum Gasteiger partial charge on any atom is -0.744 e. The zero-order chi connectivity index (χ0) is 11.1. The van der Waals surface area contributed by atoms with Gasteiger partial charge in [0.2, 0.25) is 0 Å². The molecule has 0 aliphatic heterocycles. The Morgan fingerprint density at radius 3 is 2.38 bits per heavy atom. The van der Waals surface area contributed by atoms with E-state index in [1.54, 1.807) is 25.1 Å². The van der Waals surface area contributed by atoms with Crippen molar-refractivity contribution in [3.8, 4) is 0 Å². The maximum Gasteiger partial charge on any atom is 1.00 e. The summed E-state index contributed by atoms with van der Waals surface area (Å²) in [5, 5.41) is 1.25. The molecule has 5 heteroatoms. The van der Waals surface area contributed by atoms with Crippen LogP contribution in [0.4, 0.5) is 0 Å². The van der Waals surface area contributed by atoms with Crippen molar-refractivity contribution in [2.45, 2.75) is 11.8 Å². The molecule has 3 nitrogen and oxygen atoms in total. The van der Waals surface area contributed by atoms with Crippen molar-refractivity contribution in [3.63, 3.8) is 0 Å². The summed E-state index contributed by atoms with van der Waals surface area (Å²) in [7, 11) is -4.40. The second kappa shape index (κ2) is 5.26. The number of hydrogen-bond donors (Lipinski definition) is 0. The molecule has 2 aromatic carbocycles. The molecular formula is C11H9KO3S. The Morgan fingerprint density at radius 1 is 1.12 bits per heavy atom. The molecule has 0 unspecified atom stereocenters. The second-order valence-corrected chi connectivity index (χ2v) is 4.79. The zero-order valence-electron chi connectivity index (χ0n) is 9.10. The van der Waals surface area contributed by atoms with Crippen LogP contribution in [0.3, 0.4) is 0 Å². The predicted octanol–water partition coefficient (Wildman–Crippen LogP) is -0.944. The molecule has 0 aromatic heterocycles. The van der Waals surface area contributed by atoms with Gasteiger partial charge in [-0.1, -0.05) is 30.3 Å². The summed E-state index contributed by atoms with van der Waals surface area (Å²) in [5.74, 6) is 0. The van der Waals surface area contributed by atoms with E-state index in [4.69, 9.17) is 0 Å².